The number of nitrogens with one attached hydrogen (secondary N) is 1. The highest BCUT2D eigenvalue weighted by atomic mass is 32.2. The lowest BCUT2D eigenvalue weighted by Gasteiger charge is -2.30. The monoisotopic (exact) mass is 420 g/mol. The number of benzene rings is 1. The molecular weight excluding hydrogens is 396 g/mol. The van der Waals surface area contributed by atoms with Gasteiger partial charge in [0.05, 0.1) is 23.6 Å². The molecule has 1 fully saturated rings. The van der Waals surface area contributed by atoms with E-state index in [-0.39, 0.29) is 31.1 Å². The number of nitrogens with zero attached hydrogens (tertiary/aromatic N) is 1. The molecule has 156 valence electrons. The SMILES string of the molecule is Cc1ccc(S(=O)(=O)N2CCC(C(=O)OCC(=O)NCc3ccco3)CC2)cc1. The van der Waals surface area contributed by atoms with Gasteiger partial charge in [-0.1, -0.05) is 17.7 Å². The van der Waals surface area contributed by atoms with Crippen molar-refractivity contribution in [2.24, 2.45) is 5.92 Å². The first-order valence-electron chi connectivity index (χ1n) is 9.39. The van der Waals surface area contributed by atoms with Gasteiger partial charge in [-0.15, -0.1) is 0 Å². The lowest BCUT2D eigenvalue weighted by Crippen LogP contribution is -2.41. The quantitative estimate of drug-likeness (QED) is 0.685. The Morgan fingerprint density at radius 1 is 1.17 bits per heavy atom. The van der Waals surface area contributed by atoms with E-state index in [2.05, 4.69) is 5.32 Å². The lowest BCUT2D eigenvalue weighted by atomic mass is 9.98. The minimum absolute atomic E-state index is 0.221. The van der Waals surface area contributed by atoms with Gasteiger partial charge < -0.3 is 14.5 Å². The predicted octanol–water partition coefficient (Wildman–Crippen LogP) is 1.85. The summed E-state index contributed by atoms with van der Waals surface area (Å²) in [5, 5.41) is 2.59. The van der Waals surface area contributed by atoms with Crippen LogP contribution in [0.4, 0.5) is 0 Å². The summed E-state index contributed by atoms with van der Waals surface area (Å²) in [5.74, 6) is -0.719. The van der Waals surface area contributed by atoms with Crippen LogP contribution in [0.3, 0.4) is 0 Å². The Hall–Kier alpha value is -2.65. The molecule has 8 nitrogen and oxygen atoms in total. The normalized spacial score (nSPS) is 15.8. The third kappa shape index (κ3) is 5.45. The summed E-state index contributed by atoms with van der Waals surface area (Å²) >= 11 is 0. The Kier molecular flexibility index (Phi) is 6.71. The zero-order chi connectivity index (χ0) is 20.9. The van der Waals surface area contributed by atoms with E-state index in [1.807, 2.05) is 6.92 Å². The Morgan fingerprint density at radius 2 is 1.86 bits per heavy atom. The summed E-state index contributed by atoms with van der Waals surface area (Å²) in [4.78, 5) is 24.2. The van der Waals surface area contributed by atoms with Gasteiger partial charge in [-0.3, -0.25) is 9.59 Å². The summed E-state index contributed by atoms with van der Waals surface area (Å²) in [6.07, 6.45) is 2.22. The fraction of sp³-hybridized carbons (Fsp3) is 0.400. The third-order valence-corrected chi connectivity index (χ3v) is 6.74. The molecule has 1 N–H and O–H groups in total. The van der Waals surface area contributed by atoms with Crippen molar-refractivity contribution >= 4 is 21.9 Å². The van der Waals surface area contributed by atoms with Crippen molar-refractivity contribution in [2.75, 3.05) is 19.7 Å². The number of hydrogen-bond acceptors (Lipinski definition) is 6. The standard InChI is InChI=1S/C20H24N2O6S/c1-15-4-6-18(7-5-15)29(25,26)22-10-8-16(9-11-22)20(24)28-14-19(23)21-13-17-3-2-12-27-17/h2-7,12,16H,8-11,13-14H2,1H3,(H,21,23). The zero-order valence-electron chi connectivity index (χ0n) is 16.2. The molecule has 0 unspecified atom stereocenters. The molecule has 0 saturated carbocycles. The lowest BCUT2D eigenvalue weighted by molar-refractivity contribution is -0.153. The number of piperidine rings is 1. The molecule has 0 atom stereocenters. The van der Waals surface area contributed by atoms with Gasteiger partial charge >= 0.3 is 5.97 Å². The highest BCUT2D eigenvalue weighted by Crippen LogP contribution is 2.24. The van der Waals surface area contributed by atoms with Crippen LogP contribution < -0.4 is 5.32 Å². The molecule has 2 heterocycles. The number of sulfonamides is 1. The minimum atomic E-state index is -3.57. The first kappa shape index (κ1) is 21.1. The molecule has 9 heteroatoms. The van der Waals surface area contributed by atoms with Gasteiger partial charge in [0.2, 0.25) is 10.0 Å². The maximum absolute atomic E-state index is 12.7. The van der Waals surface area contributed by atoms with Gasteiger partial charge in [0.1, 0.15) is 5.76 Å². The van der Waals surface area contributed by atoms with Gasteiger partial charge in [0.15, 0.2) is 6.61 Å². The van der Waals surface area contributed by atoms with E-state index in [0.717, 1.165) is 5.56 Å². The molecule has 0 bridgehead atoms. The first-order chi connectivity index (χ1) is 13.9. The molecule has 0 radical (unpaired) electrons. The van der Waals surface area contributed by atoms with Crippen molar-refractivity contribution < 1.29 is 27.2 Å². The summed E-state index contributed by atoms with van der Waals surface area (Å²) in [7, 11) is -3.57. The van der Waals surface area contributed by atoms with Gasteiger partial charge in [0.25, 0.3) is 5.91 Å². The molecule has 1 aliphatic rings. The molecular formula is C20H24N2O6S. The zero-order valence-corrected chi connectivity index (χ0v) is 17.0. The maximum Gasteiger partial charge on any atom is 0.309 e. The van der Waals surface area contributed by atoms with Crippen LogP contribution in [-0.4, -0.2) is 44.3 Å². The molecule has 1 saturated heterocycles. The Balaban J connectivity index is 1.44. The van der Waals surface area contributed by atoms with Crippen molar-refractivity contribution in [3.05, 3.63) is 54.0 Å². The number of aryl methyl sites for hydroxylation is 1. The second kappa shape index (κ2) is 9.23. The number of hydrogen-bond donors (Lipinski definition) is 1. The van der Waals surface area contributed by atoms with Crippen molar-refractivity contribution in [3.8, 4) is 0 Å². The second-order valence-corrected chi connectivity index (χ2v) is 8.89. The Morgan fingerprint density at radius 3 is 2.48 bits per heavy atom. The second-order valence-electron chi connectivity index (χ2n) is 6.96. The minimum Gasteiger partial charge on any atom is -0.467 e. The molecule has 1 amide bonds. The average molecular weight is 420 g/mol. The van der Waals surface area contributed by atoms with Gasteiger partial charge in [-0.2, -0.15) is 4.31 Å². The molecule has 1 aromatic carbocycles. The van der Waals surface area contributed by atoms with Crippen molar-refractivity contribution in [1.29, 1.82) is 0 Å². The number of esters is 1. The average Bonchev–Trinajstić information content (AvgIpc) is 3.24. The van der Waals surface area contributed by atoms with Crippen LogP contribution >= 0.6 is 0 Å². The smallest absolute Gasteiger partial charge is 0.309 e. The van der Waals surface area contributed by atoms with E-state index in [9.17, 15) is 18.0 Å². The highest BCUT2D eigenvalue weighted by Gasteiger charge is 2.32. The number of carbonyl (C=O) groups excluding carboxylic acids is 2. The van der Waals surface area contributed by atoms with E-state index < -0.39 is 27.8 Å². The van der Waals surface area contributed by atoms with E-state index >= 15 is 0 Å². The van der Waals surface area contributed by atoms with Crippen LogP contribution in [0.25, 0.3) is 0 Å². The van der Waals surface area contributed by atoms with Crippen LogP contribution in [0.5, 0.6) is 0 Å². The predicted molar refractivity (Wildman–Crippen MR) is 104 cm³/mol. The van der Waals surface area contributed by atoms with Gasteiger partial charge in [-0.05, 0) is 44.0 Å². The summed E-state index contributed by atoms with van der Waals surface area (Å²) in [5.41, 5.74) is 0.985. The fourth-order valence-corrected chi connectivity index (χ4v) is 4.57. The molecule has 2 aromatic rings. The number of rotatable bonds is 7. The van der Waals surface area contributed by atoms with Crippen LogP contribution in [0.2, 0.25) is 0 Å². The highest BCUT2D eigenvalue weighted by molar-refractivity contribution is 7.89. The molecule has 0 spiro atoms. The largest absolute Gasteiger partial charge is 0.467 e. The van der Waals surface area contributed by atoms with Crippen LogP contribution in [-0.2, 0) is 30.9 Å². The number of furan rings is 1. The van der Waals surface area contributed by atoms with Gasteiger partial charge in [0, 0.05) is 13.1 Å². The third-order valence-electron chi connectivity index (χ3n) is 4.83. The van der Waals surface area contributed by atoms with E-state index in [1.54, 1.807) is 36.4 Å². The number of ether oxygens (including phenoxy) is 1. The Labute approximate surface area is 169 Å². The van der Waals surface area contributed by atoms with Crippen LogP contribution in [0.15, 0.2) is 52.0 Å². The number of carbonyl (C=O) groups is 2. The fourth-order valence-electron chi connectivity index (χ4n) is 3.10. The Bertz CT molecular complexity index is 930. The van der Waals surface area contributed by atoms with E-state index in [0.29, 0.717) is 18.6 Å². The molecule has 1 aliphatic heterocycles. The van der Waals surface area contributed by atoms with Crippen LogP contribution in [0, 0.1) is 12.8 Å². The van der Waals surface area contributed by atoms with Crippen molar-refractivity contribution in [2.45, 2.75) is 31.2 Å². The number of amides is 1. The van der Waals surface area contributed by atoms with E-state index in [1.165, 1.54) is 10.6 Å². The molecule has 3 rings (SSSR count). The maximum atomic E-state index is 12.7. The van der Waals surface area contributed by atoms with Crippen molar-refractivity contribution in [3.63, 3.8) is 0 Å². The summed E-state index contributed by atoms with van der Waals surface area (Å²) in [6, 6.07) is 10.1. The first-order valence-corrected chi connectivity index (χ1v) is 10.8. The summed E-state index contributed by atoms with van der Waals surface area (Å²) < 4.78 is 37.0. The summed E-state index contributed by atoms with van der Waals surface area (Å²) in [6.45, 7) is 2.21. The van der Waals surface area contributed by atoms with E-state index in [4.69, 9.17) is 9.15 Å². The topological polar surface area (TPSA) is 106 Å². The van der Waals surface area contributed by atoms with Gasteiger partial charge in [-0.25, -0.2) is 8.42 Å². The van der Waals surface area contributed by atoms with Crippen LogP contribution in [0.1, 0.15) is 24.2 Å². The molecule has 1 aromatic heterocycles. The molecule has 29 heavy (non-hydrogen) atoms. The van der Waals surface area contributed by atoms with Crippen molar-refractivity contribution in [1.82, 2.24) is 9.62 Å². The molecule has 0 aliphatic carbocycles.